The fourth-order valence-electron chi connectivity index (χ4n) is 8.22. The lowest BCUT2D eigenvalue weighted by atomic mass is 10.0. The SMILES string of the molecule is CC\C=C/C=C\C=C/C=C\CCCCCC(=O)OCC(COC(=O)CCCCCCCCCCCCCCCCCCC)OC(=O)CCCCCCCCCCCCCCCCCCC. The Morgan fingerprint density at radius 3 is 0.938 bits per heavy atom. The summed E-state index contributed by atoms with van der Waals surface area (Å²) in [4.78, 5) is 38.1. The summed E-state index contributed by atoms with van der Waals surface area (Å²) < 4.78 is 16.8. The van der Waals surface area contributed by atoms with Crippen LogP contribution in [0.1, 0.15) is 290 Å². The minimum absolute atomic E-state index is 0.0815. The summed E-state index contributed by atoms with van der Waals surface area (Å²) >= 11 is 0. The smallest absolute Gasteiger partial charge is 0.306 e. The number of carbonyl (C=O) groups excluding carboxylic acids is 3. The van der Waals surface area contributed by atoms with Crippen LogP contribution in [0.4, 0.5) is 0 Å². The molecule has 0 aliphatic carbocycles. The zero-order valence-corrected chi connectivity index (χ0v) is 43.3. The van der Waals surface area contributed by atoms with Crippen molar-refractivity contribution < 1.29 is 28.6 Å². The van der Waals surface area contributed by atoms with Gasteiger partial charge < -0.3 is 14.2 Å². The number of rotatable bonds is 51. The van der Waals surface area contributed by atoms with E-state index in [1.807, 2.05) is 30.4 Å². The van der Waals surface area contributed by atoms with Crippen LogP contribution in [0.15, 0.2) is 48.6 Å². The van der Waals surface area contributed by atoms with Crippen molar-refractivity contribution in [3.8, 4) is 0 Å². The Kier molecular flexibility index (Phi) is 51.8. The molecule has 1 atom stereocenters. The molecule has 0 N–H and O–H groups in total. The van der Waals surface area contributed by atoms with Crippen molar-refractivity contribution in [2.45, 2.75) is 297 Å². The molecular formula is C59H106O6. The molecule has 0 aromatic heterocycles. The zero-order chi connectivity index (χ0) is 47.2. The van der Waals surface area contributed by atoms with E-state index in [9.17, 15) is 14.4 Å². The number of hydrogen-bond acceptors (Lipinski definition) is 6. The van der Waals surface area contributed by atoms with E-state index >= 15 is 0 Å². The van der Waals surface area contributed by atoms with E-state index in [0.717, 1.165) is 70.6 Å². The first-order valence-corrected chi connectivity index (χ1v) is 28.2. The van der Waals surface area contributed by atoms with E-state index in [0.29, 0.717) is 19.3 Å². The van der Waals surface area contributed by atoms with Gasteiger partial charge in [-0.25, -0.2) is 0 Å². The first kappa shape index (κ1) is 62.4. The second kappa shape index (κ2) is 54.0. The van der Waals surface area contributed by atoms with Gasteiger partial charge in [-0.15, -0.1) is 0 Å². The molecular weight excluding hydrogens is 805 g/mol. The van der Waals surface area contributed by atoms with Crippen LogP contribution >= 0.6 is 0 Å². The molecule has 6 nitrogen and oxygen atoms in total. The Bertz CT molecular complexity index is 1140. The van der Waals surface area contributed by atoms with Gasteiger partial charge in [0.05, 0.1) is 0 Å². The van der Waals surface area contributed by atoms with E-state index in [1.165, 1.54) is 180 Å². The molecule has 0 rings (SSSR count). The van der Waals surface area contributed by atoms with Gasteiger partial charge in [-0.05, 0) is 38.5 Å². The molecule has 0 aromatic rings. The lowest BCUT2D eigenvalue weighted by molar-refractivity contribution is -0.167. The topological polar surface area (TPSA) is 78.9 Å². The summed E-state index contributed by atoms with van der Waals surface area (Å²) in [6.45, 7) is 6.51. The normalized spacial score (nSPS) is 12.4. The fraction of sp³-hybridized carbons (Fsp3) is 0.814. The quantitative estimate of drug-likeness (QED) is 0.0262. The largest absolute Gasteiger partial charge is 0.462 e. The standard InChI is InChI=1S/C59H106O6/c1-4-7-10-13-16-19-22-25-27-29-31-34-37-40-43-46-49-52-58(61)64-55-56(54-63-57(60)51-48-45-42-39-36-33-24-21-18-15-12-9-6-3)65-59(62)53-50-47-44-41-38-35-32-30-28-26-23-20-17-14-11-8-5-2/h9,12,15,18,21,24,33,36,56H,4-8,10-11,13-14,16-17,19-20,22-23,25-32,34-35,37-55H2,1-3H3/b12-9-,18-15-,24-21-,36-33-. The summed E-state index contributed by atoms with van der Waals surface area (Å²) in [6, 6.07) is 0. The Morgan fingerprint density at radius 2 is 0.600 bits per heavy atom. The van der Waals surface area contributed by atoms with Crippen LogP contribution in [0.3, 0.4) is 0 Å². The Hall–Kier alpha value is -2.63. The summed E-state index contributed by atoms with van der Waals surface area (Å²) in [5, 5.41) is 0. The van der Waals surface area contributed by atoms with Gasteiger partial charge in [0.25, 0.3) is 0 Å². The molecule has 378 valence electrons. The minimum atomic E-state index is -0.785. The first-order chi connectivity index (χ1) is 32.0. The second-order valence-electron chi connectivity index (χ2n) is 18.9. The van der Waals surface area contributed by atoms with Crippen molar-refractivity contribution in [3.63, 3.8) is 0 Å². The van der Waals surface area contributed by atoms with Gasteiger partial charge in [-0.3, -0.25) is 14.4 Å². The van der Waals surface area contributed by atoms with Gasteiger partial charge in [0.2, 0.25) is 0 Å². The third-order valence-corrected chi connectivity index (χ3v) is 12.4. The molecule has 0 bridgehead atoms. The maximum Gasteiger partial charge on any atom is 0.306 e. The van der Waals surface area contributed by atoms with Crippen molar-refractivity contribution in [2.24, 2.45) is 0 Å². The molecule has 0 aliphatic heterocycles. The lowest BCUT2D eigenvalue weighted by Gasteiger charge is -2.18. The van der Waals surface area contributed by atoms with Crippen molar-refractivity contribution >= 4 is 17.9 Å². The van der Waals surface area contributed by atoms with Crippen molar-refractivity contribution in [1.82, 2.24) is 0 Å². The van der Waals surface area contributed by atoms with E-state index in [1.54, 1.807) is 0 Å². The number of unbranched alkanes of at least 4 members (excludes halogenated alkanes) is 35. The van der Waals surface area contributed by atoms with Crippen LogP contribution in [-0.4, -0.2) is 37.2 Å². The molecule has 0 aromatic carbocycles. The summed E-state index contributed by atoms with van der Waals surface area (Å²) in [5.41, 5.74) is 0. The third-order valence-electron chi connectivity index (χ3n) is 12.4. The third kappa shape index (κ3) is 52.2. The minimum Gasteiger partial charge on any atom is -0.462 e. The van der Waals surface area contributed by atoms with E-state index < -0.39 is 6.10 Å². The summed E-state index contributed by atoms with van der Waals surface area (Å²) in [5.74, 6) is -0.906. The van der Waals surface area contributed by atoms with Gasteiger partial charge in [-0.2, -0.15) is 0 Å². The van der Waals surface area contributed by atoms with Crippen LogP contribution in [0.25, 0.3) is 0 Å². The Balaban J connectivity index is 4.36. The highest BCUT2D eigenvalue weighted by molar-refractivity contribution is 5.71. The molecule has 0 heterocycles. The van der Waals surface area contributed by atoms with Crippen molar-refractivity contribution in [3.05, 3.63) is 48.6 Å². The van der Waals surface area contributed by atoms with Gasteiger partial charge >= 0.3 is 17.9 Å². The highest BCUT2D eigenvalue weighted by Crippen LogP contribution is 2.17. The predicted octanol–water partition coefficient (Wildman–Crippen LogP) is 18.7. The fourth-order valence-corrected chi connectivity index (χ4v) is 8.22. The van der Waals surface area contributed by atoms with Gasteiger partial charge in [0, 0.05) is 19.3 Å². The summed E-state index contributed by atoms with van der Waals surface area (Å²) in [7, 11) is 0. The van der Waals surface area contributed by atoms with Gasteiger partial charge in [-0.1, -0.05) is 281 Å². The molecule has 0 aliphatic rings. The van der Waals surface area contributed by atoms with Gasteiger partial charge in [0.15, 0.2) is 6.10 Å². The number of ether oxygens (including phenoxy) is 3. The molecule has 0 saturated heterocycles. The molecule has 0 amide bonds. The Labute approximate surface area is 403 Å². The van der Waals surface area contributed by atoms with Crippen LogP contribution in [0, 0.1) is 0 Å². The highest BCUT2D eigenvalue weighted by atomic mass is 16.6. The molecule has 1 unspecified atom stereocenters. The molecule has 0 spiro atoms. The highest BCUT2D eigenvalue weighted by Gasteiger charge is 2.19. The molecule has 0 fully saturated rings. The maximum atomic E-state index is 12.8. The van der Waals surface area contributed by atoms with Gasteiger partial charge in [0.1, 0.15) is 13.2 Å². The number of allylic oxidation sites excluding steroid dienone is 8. The molecule has 65 heavy (non-hydrogen) atoms. The first-order valence-electron chi connectivity index (χ1n) is 28.2. The number of hydrogen-bond donors (Lipinski definition) is 0. The van der Waals surface area contributed by atoms with Crippen LogP contribution in [-0.2, 0) is 28.6 Å². The molecule has 6 heteroatoms. The van der Waals surface area contributed by atoms with Crippen LogP contribution in [0.5, 0.6) is 0 Å². The average molecular weight is 911 g/mol. The Morgan fingerprint density at radius 1 is 0.323 bits per heavy atom. The van der Waals surface area contributed by atoms with E-state index in [2.05, 4.69) is 39.0 Å². The average Bonchev–Trinajstić information content (AvgIpc) is 3.30. The van der Waals surface area contributed by atoms with Crippen LogP contribution < -0.4 is 0 Å². The van der Waals surface area contributed by atoms with Crippen molar-refractivity contribution in [1.29, 1.82) is 0 Å². The molecule has 0 saturated carbocycles. The summed E-state index contributed by atoms with van der Waals surface area (Å²) in [6.07, 6.45) is 65.3. The maximum absolute atomic E-state index is 12.8. The van der Waals surface area contributed by atoms with E-state index in [4.69, 9.17) is 14.2 Å². The lowest BCUT2D eigenvalue weighted by Crippen LogP contribution is -2.30. The number of carbonyl (C=O) groups is 3. The monoisotopic (exact) mass is 911 g/mol. The van der Waals surface area contributed by atoms with Crippen molar-refractivity contribution in [2.75, 3.05) is 13.2 Å². The molecule has 0 radical (unpaired) electrons. The number of esters is 3. The predicted molar refractivity (Wildman–Crippen MR) is 279 cm³/mol. The van der Waals surface area contributed by atoms with E-state index in [-0.39, 0.29) is 31.1 Å². The zero-order valence-electron chi connectivity index (χ0n) is 43.3. The van der Waals surface area contributed by atoms with Crippen LogP contribution in [0.2, 0.25) is 0 Å². The second-order valence-corrected chi connectivity index (χ2v) is 18.9.